The molecule has 1 aromatic heterocycles. The van der Waals surface area contributed by atoms with E-state index in [0.29, 0.717) is 0 Å². The number of likely N-dealkylation sites (tertiary alicyclic amines) is 1. The number of rotatable bonds is 5. The molecule has 7 heteroatoms. The second-order valence-electron chi connectivity index (χ2n) is 7.64. The Hall–Kier alpha value is -1.89. The van der Waals surface area contributed by atoms with Crippen molar-refractivity contribution in [2.24, 2.45) is 5.41 Å². The van der Waals surface area contributed by atoms with E-state index < -0.39 is 5.97 Å². The number of carbonyl (C=O) groups is 1. The quantitative estimate of drug-likeness (QED) is 0.869. The normalized spacial score (nSPS) is 23.2. The molecule has 0 amide bonds. The van der Waals surface area contributed by atoms with E-state index in [1.54, 1.807) is 6.33 Å². The molecule has 1 aromatic rings. The van der Waals surface area contributed by atoms with E-state index in [4.69, 9.17) is 0 Å². The van der Waals surface area contributed by atoms with Crippen LogP contribution in [0.3, 0.4) is 0 Å². The Morgan fingerprint density at radius 1 is 1.36 bits per heavy atom. The monoisotopic (exact) mass is 347 g/mol. The van der Waals surface area contributed by atoms with Crippen LogP contribution in [-0.4, -0.2) is 72.3 Å². The lowest BCUT2D eigenvalue weighted by Gasteiger charge is -2.40. The molecule has 3 heterocycles. The highest BCUT2D eigenvalue weighted by Gasteiger charge is 2.47. The summed E-state index contributed by atoms with van der Waals surface area (Å²) in [5.41, 5.74) is 0.145. The zero-order valence-electron chi connectivity index (χ0n) is 15.5. The second kappa shape index (κ2) is 7.15. The zero-order valence-corrected chi connectivity index (χ0v) is 15.5. The summed E-state index contributed by atoms with van der Waals surface area (Å²) in [5, 5.41) is 9.56. The van der Waals surface area contributed by atoms with Crippen LogP contribution in [0, 0.1) is 5.41 Å². The summed E-state index contributed by atoms with van der Waals surface area (Å²) in [7, 11) is 3.95. The van der Waals surface area contributed by atoms with Crippen molar-refractivity contribution in [1.29, 1.82) is 0 Å². The summed E-state index contributed by atoms with van der Waals surface area (Å²) in [6.07, 6.45) is 5.45. The standard InChI is InChI=1S/C18H29N5O2/c1-4-7-23-12-18(11-14(23)17(24)25)5-8-22(9-6-18)16-10-15(21(2)3)19-13-20-16/h10,13-14H,4-9,11-12H2,1-3H3,(H,24,25). The second-order valence-corrected chi connectivity index (χ2v) is 7.64. The SMILES string of the molecule is CCCN1CC2(CCN(c3cc(N(C)C)ncn3)CC2)CC1C(=O)O. The number of anilines is 2. The number of aliphatic carboxylic acids is 1. The van der Waals surface area contributed by atoms with E-state index in [-0.39, 0.29) is 11.5 Å². The molecule has 1 N–H and O–H groups in total. The largest absolute Gasteiger partial charge is 0.480 e. The van der Waals surface area contributed by atoms with Gasteiger partial charge in [-0.25, -0.2) is 9.97 Å². The van der Waals surface area contributed by atoms with Gasteiger partial charge in [0.25, 0.3) is 0 Å². The van der Waals surface area contributed by atoms with Crippen molar-refractivity contribution in [3.8, 4) is 0 Å². The molecule has 0 bridgehead atoms. The molecule has 2 aliphatic rings. The molecule has 7 nitrogen and oxygen atoms in total. The number of piperidine rings is 1. The summed E-state index contributed by atoms with van der Waals surface area (Å²) >= 11 is 0. The van der Waals surface area contributed by atoms with Gasteiger partial charge in [-0.05, 0) is 37.6 Å². The summed E-state index contributed by atoms with van der Waals surface area (Å²) < 4.78 is 0. The fourth-order valence-corrected chi connectivity index (χ4v) is 4.24. The van der Waals surface area contributed by atoms with Crippen molar-refractivity contribution in [2.45, 2.75) is 38.6 Å². The molecule has 0 aliphatic carbocycles. The maximum absolute atomic E-state index is 11.6. The lowest BCUT2D eigenvalue weighted by Crippen LogP contribution is -2.42. The van der Waals surface area contributed by atoms with Crippen LogP contribution in [0.4, 0.5) is 11.6 Å². The third-order valence-electron chi connectivity index (χ3n) is 5.65. The van der Waals surface area contributed by atoms with Crippen molar-refractivity contribution >= 4 is 17.6 Å². The number of carboxylic acids is 1. The predicted molar refractivity (Wildman–Crippen MR) is 98.1 cm³/mol. The highest BCUT2D eigenvalue weighted by Crippen LogP contribution is 2.44. The van der Waals surface area contributed by atoms with E-state index in [1.165, 1.54) is 0 Å². The Balaban J connectivity index is 1.67. The van der Waals surface area contributed by atoms with Gasteiger partial charge in [0.15, 0.2) is 0 Å². The topological polar surface area (TPSA) is 72.8 Å². The van der Waals surface area contributed by atoms with Crippen molar-refractivity contribution in [3.63, 3.8) is 0 Å². The van der Waals surface area contributed by atoms with E-state index in [9.17, 15) is 9.90 Å². The molecular formula is C18H29N5O2. The molecule has 0 aromatic carbocycles. The van der Waals surface area contributed by atoms with Gasteiger partial charge in [-0.1, -0.05) is 6.92 Å². The van der Waals surface area contributed by atoms with Crippen LogP contribution >= 0.6 is 0 Å². The summed E-state index contributed by atoms with van der Waals surface area (Å²) in [6.45, 7) is 5.76. The maximum atomic E-state index is 11.6. The van der Waals surface area contributed by atoms with E-state index in [2.05, 4.69) is 26.7 Å². The Morgan fingerprint density at radius 2 is 2.08 bits per heavy atom. The maximum Gasteiger partial charge on any atom is 0.320 e. The summed E-state index contributed by atoms with van der Waals surface area (Å²) in [4.78, 5) is 26.8. The molecule has 2 fully saturated rings. The minimum absolute atomic E-state index is 0.145. The Kier molecular flexibility index (Phi) is 5.13. The van der Waals surface area contributed by atoms with Crippen molar-refractivity contribution < 1.29 is 9.90 Å². The van der Waals surface area contributed by atoms with Gasteiger partial charge in [-0.3, -0.25) is 9.69 Å². The molecule has 3 rings (SSSR count). The van der Waals surface area contributed by atoms with Crippen LogP contribution in [0.1, 0.15) is 32.6 Å². The smallest absolute Gasteiger partial charge is 0.320 e. The first-order chi connectivity index (χ1) is 11.9. The summed E-state index contributed by atoms with van der Waals surface area (Å²) in [5.74, 6) is 1.21. The van der Waals surface area contributed by atoms with Gasteiger partial charge in [0.1, 0.15) is 24.0 Å². The van der Waals surface area contributed by atoms with Crippen LogP contribution in [0.15, 0.2) is 12.4 Å². The van der Waals surface area contributed by atoms with Crippen LogP contribution in [0.25, 0.3) is 0 Å². The van der Waals surface area contributed by atoms with Gasteiger partial charge in [0.05, 0.1) is 0 Å². The van der Waals surface area contributed by atoms with Crippen LogP contribution in [0.5, 0.6) is 0 Å². The minimum Gasteiger partial charge on any atom is -0.480 e. The molecule has 138 valence electrons. The molecule has 0 radical (unpaired) electrons. The molecule has 1 atom stereocenters. The van der Waals surface area contributed by atoms with Crippen molar-refractivity contribution in [2.75, 3.05) is 50.1 Å². The zero-order chi connectivity index (χ0) is 18.0. The van der Waals surface area contributed by atoms with Crippen LogP contribution < -0.4 is 9.80 Å². The van der Waals surface area contributed by atoms with Gasteiger partial charge in [0, 0.05) is 39.8 Å². The number of hydrogen-bond acceptors (Lipinski definition) is 6. The lowest BCUT2D eigenvalue weighted by molar-refractivity contribution is -0.142. The molecular weight excluding hydrogens is 318 g/mol. The van der Waals surface area contributed by atoms with Gasteiger partial charge >= 0.3 is 5.97 Å². The van der Waals surface area contributed by atoms with E-state index >= 15 is 0 Å². The number of aromatic nitrogens is 2. The summed E-state index contributed by atoms with van der Waals surface area (Å²) in [6, 6.07) is 1.71. The fourth-order valence-electron chi connectivity index (χ4n) is 4.24. The fraction of sp³-hybridized carbons (Fsp3) is 0.722. The molecule has 25 heavy (non-hydrogen) atoms. The average molecular weight is 347 g/mol. The lowest BCUT2D eigenvalue weighted by atomic mass is 9.76. The number of carboxylic acid groups (broad SMARTS) is 1. The van der Waals surface area contributed by atoms with Crippen molar-refractivity contribution in [1.82, 2.24) is 14.9 Å². The Bertz CT molecular complexity index is 613. The highest BCUT2D eigenvalue weighted by molar-refractivity contribution is 5.74. The van der Waals surface area contributed by atoms with E-state index in [0.717, 1.165) is 63.5 Å². The number of nitrogens with zero attached hydrogens (tertiary/aromatic N) is 5. The van der Waals surface area contributed by atoms with E-state index in [1.807, 2.05) is 25.1 Å². The number of hydrogen-bond donors (Lipinski definition) is 1. The van der Waals surface area contributed by atoms with Crippen LogP contribution in [-0.2, 0) is 4.79 Å². The third-order valence-corrected chi connectivity index (χ3v) is 5.65. The van der Waals surface area contributed by atoms with Gasteiger partial charge < -0.3 is 14.9 Å². The van der Waals surface area contributed by atoms with Gasteiger partial charge in [0.2, 0.25) is 0 Å². The molecule has 1 spiro atoms. The average Bonchev–Trinajstić information content (AvgIpc) is 2.94. The van der Waals surface area contributed by atoms with Crippen LogP contribution in [0.2, 0.25) is 0 Å². The molecule has 0 saturated carbocycles. The highest BCUT2D eigenvalue weighted by atomic mass is 16.4. The molecule has 2 saturated heterocycles. The Labute approximate surface area is 149 Å². The predicted octanol–water partition coefficient (Wildman–Crippen LogP) is 1.70. The van der Waals surface area contributed by atoms with Gasteiger partial charge in [-0.15, -0.1) is 0 Å². The molecule has 2 aliphatic heterocycles. The van der Waals surface area contributed by atoms with Gasteiger partial charge in [-0.2, -0.15) is 0 Å². The van der Waals surface area contributed by atoms with Crippen molar-refractivity contribution in [3.05, 3.63) is 12.4 Å². The molecule has 1 unspecified atom stereocenters. The first-order valence-electron chi connectivity index (χ1n) is 9.15. The Morgan fingerprint density at radius 3 is 2.68 bits per heavy atom. The first kappa shape index (κ1) is 17.9. The minimum atomic E-state index is -0.667. The first-order valence-corrected chi connectivity index (χ1v) is 9.15. The third kappa shape index (κ3) is 3.71.